The molecule has 0 radical (unpaired) electrons. The van der Waals surface area contributed by atoms with E-state index in [9.17, 15) is 4.39 Å². The summed E-state index contributed by atoms with van der Waals surface area (Å²) in [5.41, 5.74) is 3.72. The third kappa shape index (κ3) is 5.07. The predicted molar refractivity (Wildman–Crippen MR) is 93.8 cm³/mol. The molecule has 0 aliphatic rings. The van der Waals surface area contributed by atoms with E-state index in [0.717, 1.165) is 25.2 Å². The summed E-state index contributed by atoms with van der Waals surface area (Å²) in [6.45, 7) is 0. The molecule has 0 saturated heterocycles. The fourth-order valence-corrected chi connectivity index (χ4v) is 3.90. The molecule has 0 aliphatic carbocycles. The van der Waals surface area contributed by atoms with Gasteiger partial charge in [-0.1, -0.05) is 28.1 Å². The van der Waals surface area contributed by atoms with Gasteiger partial charge in [0.2, 0.25) is 0 Å². The number of rotatable bonds is 6. The molecule has 2 aromatic rings. The van der Waals surface area contributed by atoms with Crippen molar-refractivity contribution in [2.45, 2.75) is 17.4 Å². The topological polar surface area (TPSA) is 38.0 Å². The van der Waals surface area contributed by atoms with Crippen LogP contribution in [-0.4, -0.2) is 11.8 Å². The summed E-state index contributed by atoms with van der Waals surface area (Å²) in [6.07, 6.45) is 0.659. The van der Waals surface area contributed by atoms with Crippen LogP contribution in [0.15, 0.2) is 56.3 Å². The first kappa shape index (κ1) is 17.0. The van der Waals surface area contributed by atoms with Crippen LogP contribution < -0.4 is 11.3 Å². The molecule has 0 aromatic heterocycles. The molecular weight excluding hydrogens is 419 g/mol. The molecule has 112 valence electrons. The Morgan fingerprint density at radius 1 is 1.14 bits per heavy atom. The van der Waals surface area contributed by atoms with Crippen molar-refractivity contribution in [1.82, 2.24) is 5.43 Å². The smallest absolute Gasteiger partial charge is 0.123 e. The van der Waals surface area contributed by atoms with Crippen molar-refractivity contribution in [3.63, 3.8) is 0 Å². The Balaban J connectivity index is 2.00. The lowest BCUT2D eigenvalue weighted by molar-refractivity contribution is 0.569. The van der Waals surface area contributed by atoms with Gasteiger partial charge in [-0.2, -0.15) is 0 Å². The van der Waals surface area contributed by atoms with Crippen molar-refractivity contribution in [1.29, 1.82) is 0 Å². The van der Waals surface area contributed by atoms with Gasteiger partial charge in [-0.05, 0) is 58.2 Å². The van der Waals surface area contributed by atoms with Gasteiger partial charge in [0.1, 0.15) is 5.82 Å². The average Bonchev–Trinajstić information content (AvgIpc) is 2.48. The van der Waals surface area contributed by atoms with Crippen molar-refractivity contribution in [3.05, 3.63) is 62.8 Å². The molecule has 0 aliphatic heterocycles. The van der Waals surface area contributed by atoms with Crippen LogP contribution in [0.25, 0.3) is 0 Å². The Kier molecular flexibility index (Phi) is 6.70. The number of thioether (sulfide) groups is 1. The van der Waals surface area contributed by atoms with E-state index in [1.54, 1.807) is 17.8 Å². The van der Waals surface area contributed by atoms with Crippen molar-refractivity contribution in [3.8, 4) is 0 Å². The van der Waals surface area contributed by atoms with Gasteiger partial charge < -0.3 is 0 Å². The second-order valence-electron chi connectivity index (χ2n) is 4.54. The highest BCUT2D eigenvalue weighted by Crippen LogP contribution is 2.28. The number of hydrazine groups is 1. The minimum absolute atomic E-state index is 0.0557. The van der Waals surface area contributed by atoms with E-state index in [2.05, 4.69) is 43.4 Å². The van der Waals surface area contributed by atoms with Gasteiger partial charge in [0, 0.05) is 25.6 Å². The molecule has 0 fully saturated rings. The molecular formula is C15H15Br2FN2S. The fraction of sp³-hybridized carbons (Fsp3) is 0.200. The Hall–Kier alpha value is -0.400. The number of nitrogens with one attached hydrogen (secondary N) is 1. The minimum atomic E-state index is -0.234. The molecule has 2 rings (SSSR count). The Bertz CT molecular complexity index is 610. The molecule has 2 nitrogen and oxygen atoms in total. The first-order chi connectivity index (χ1) is 10.1. The molecule has 1 unspecified atom stereocenters. The maximum Gasteiger partial charge on any atom is 0.123 e. The van der Waals surface area contributed by atoms with Gasteiger partial charge >= 0.3 is 0 Å². The maximum absolute atomic E-state index is 13.3. The van der Waals surface area contributed by atoms with Crippen LogP contribution >= 0.6 is 43.6 Å². The van der Waals surface area contributed by atoms with E-state index < -0.39 is 0 Å². The SMILES string of the molecule is NNC(CSc1ccccc1Br)Cc1cc(F)ccc1Br. The van der Waals surface area contributed by atoms with E-state index in [-0.39, 0.29) is 11.9 Å². The van der Waals surface area contributed by atoms with E-state index in [4.69, 9.17) is 5.84 Å². The van der Waals surface area contributed by atoms with Crippen LogP contribution in [0, 0.1) is 5.82 Å². The van der Waals surface area contributed by atoms with E-state index in [1.165, 1.54) is 12.1 Å². The van der Waals surface area contributed by atoms with Gasteiger partial charge in [0.15, 0.2) is 0 Å². The van der Waals surface area contributed by atoms with Crippen LogP contribution in [0.2, 0.25) is 0 Å². The summed E-state index contributed by atoms with van der Waals surface area (Å²) in [5.74, 6) is 6.19. The third-order valence-electron chi connectivity index (χ3n) is 2.99. The summed E-state index contributed by atoms with van der Waals surface area (Å²) in [4.78, 5) is 1.16. The van der Waals surface area contributed by atoms with Crippen molar-refractivity contribution >= 4 is 43.6 Å². The largest absolute Gasteiger partial charge is 0.271 e. The lowest BCUT2D eigenvalue weighted by atomic mass is 10.1. The van der Waals surface area contributed by atoms with Gasteiger partial charge in [0.25, 0.3) is 0 Å². The van der Waals surface area contributed by atoms with Gasteiger partial charge in [0.05, 0.1) is 0 Å². The highest BCUT2D eigenvalue weighted by molar-refractivity contribution is 9.10. The summed E-state index contributed by atoms with van der Waals surface area (Å²) in [7, 11) is 0. The predicted octanol–water partition coefficient (Wildman–Crippen LogP) is 4.52. The zero-order chi connectivity index (χ0) is 15.2. The summed E-state index contributed by atoms with van der Waals surface area (Å²) in [5, 5.41) is 0. The van der Waals surface area contributed by atoms with Gasteiger partial charge in [-0.15, -0.1) is 11.8 Å². The Morgan fingerprint density at radius 2 is 1.90 bits per heavy atom. The molecule has 6 heteroatoms. The average molecular weight is 434 g/mol. The van der Waals surface area contributed by atoms with Crippen LogP contribution in [0.4, 0.5) is 4.39 Å². The first-order valence-electron chi connectivity index (χ1n) is 6.37. The van der Waals surface area contributed by atoms with E-state index in [0.29, 0.717) is 6.42 Å². The Labute approximate surface area is 144 Å². The molecule has 0 spiro atoms. The Morgan fingerprint density at radius 3 is 2.62 bits per heavy atom. The molecule has 0 heterocycles. The van der Waals surface area contributed by atoms with Crippen LogP contribution in [-0.2, 0) is 6.42 Å². The molecule has 0 amide bonds. The second kappa shape index (κ2) is 8.29. The number of nitrogens with two attached hydrogens (primary N) is 1. The number of benzene rings is 2. The van der Waals surface area contributed by atoms with Gasteiger partial charge in [-0.3, -0.25) is 11.3 Å². The first-order valence-corrected chi connectivity index (χ1v) is 8.94. The van der Waals surface area contributed by atoms with Gasteiger partial charge in [-0.25, -0.2) is 4.39 Å². The quantitative estimate of drug-likeness (QED) is 0.399. The molecule has 3 N–H and O–H groups in total. The number of hydrogen-bond acceptors (Lipinski definition) is 3. The van der Waals surface area contributed by atoms with E-state index in [1.807, 2.05) is 18.2 Å². The summed E-state index contributed by atoms with van der Waals surface area (Å²) in [6, 6.07) is 12.8. The molecule has 0 bridgehead atoms. The highest BCUT2D eigenvalue weighted by atomic mass is 79.9. The maximum atomic E-state index is 13.3. The third-order valence-corrected chi connectivity index (χ3v) is 5.95. The van der Waals surface area contributed by atoms with Crippen molar-refractivity contribution < 1.29 is 4.39 Å². The molecule has 1 atom stereocenters. The standard InChI is InChI=1S/C15H15Br2FN2S/c16-13-6-5-11(18)7-10(13)8-12(20-19)9-21-15-4-2-1-3-14(15)17/h1-7,12,20H,8-9,19H2. The summed E-state index contributed by atoms with van der Waals surface area (Å²) < 4.78 is 15.3. The molecule has 21 heavy (non-hydrogen) atoms. The lowest BCUT2D eigenvalue weighted by Gasteiger charge is -2.17. The van der Waals surface area contributed by atoms with Crippen molar-refractivity contribution in [2.75, 3.05) is 5.75 Å². The zero-order valence-electron chi connectivity index (χ0n) is 11.2. The number of hydrogen-bond donors (Lipinski definition) is 2. The fourth-order valence-electron chi connectivity index (χ4n) is 1.88. The zero-order valence-corrected chi connectivity index (χ0v) is 15.1. The minimum Gasteiger partial charge on any atom is -0.271 e. The van der Waals surface area contributed by atoms with Crippen molar-refractivity contribution in [2.24, 2.45) is 5.84 Å². The summed E-state index contributed by atoms with van der Waals surface area (Å²) >= 11 is 8.68. The van der Waals surface area contributed by atoms with Crippen LogP contribution in [0.5, 0.6) is 0 Å². The molecule has 2 aromatic carbocycles. The lowest BCUT2D eigenvalue weighted by Crippen LogP contribution is -2.38. The monoisotopic (exact) mass is 432 g/mol. The van der Waals surface area contributed by atoms with Crippen LogP contribution in [0.1, 0.15) is 5.56 Å². The normalized spacial score (nSPS) is 12.4. The number of halogens is 3. The second-order valence-corrected chi connectivity index (χ2v) is 7.32. The highest BCUT2D eigenvalue weighted by Gasteiger charge is 2.12. The van der Waals surface area contributed by atoms with E-state index >= 15 is 0 Å². The van der Waals surface area contributed by atoms with Crippen LogP contribution in [0.3, 0.4) is 0 Å². The molecule has 0 saturated carbocycles.